The summed E-state index contributed by atoms with van der Waals surface area (Å²) in [5, 5.41) is 3.49. The number of nitrogens with one attached hydrogen (secondary N) is 1. The van der Waals surface area contributed by atoms with Crippen LogP contribution in [0.15, 0.2) is 30.3 Å². The fraction of sp³-hybridized carbons (Fsp3) is 0.625. The molecule has 0 aliphatic heterocycles. The lowest BCUT2D eigenvalue weighted by Crippen LogP contribution is -2.38. The number of nitrogens with zero attached hydrogens (tertiary/aromatic N) is 1. The summed E-state index contributed by atoms with van der Waals surface area (Å²) in [5.41, 5.74) is 1.32. The van der Waals surface area contributed by atoms with Crippen LogP contribution in [0.4, 0.5) is 5.69 Å². The number of benzene rings is 1. The molecule has 19 heavy (non-hydrogen) atoms. The van der Waals surface area contributed by atoms with Gasteiger partial charge < -0.3 is 15.0 Å². The zero-order valence-corrected chi connectivity index (χ0v) is 12.6. The van der Waals surface area contributed by atoms with Gasteiger partial charge in [-0.1, -0.05) is 31.5 Å². The normalized spacial score (nSPS) is 12.4. The number of anilines is 1. The first-order valence-corrected chi connectivity index (χ1v) is 7.30. The van der Waals surface area contributed by atoms with Gasteiger partial charge in [0.25, 0.3) is 0 Å². The Hall–Kier alpha value is -1.06. The van der Waals surface area contributed by atoms with Gasteiger partial charge in [0.15, 0.2) is 0 Å². The van der Waals surface area contributed by atoms with Crippen LogP contribution in [0, 0.1) is 0 Å². The molecule has 1 rings (SSSR count). The van der Waals surface area contributed by atoms with Crippen molar-refractivity contribution in [1.82, 2.24) is 5.32 Å². The fourth-order valence-electron chi connectivity index (χ4n) is 2.11. The summed E-state index contributed by atoms with van der Waals surface area (Å²) in [6, 6.07) is 11.1. The molecule has 3 nitrogen and oxygen atoms in total. The number of para-hydroxylation sites is 1. The van der Waals surface area contributed by atoms with Crippen molar-refractivity contribution < 1.29 is 4.74 Å². The van der Waals surface area contributed by atoms with E-state index < -0.39 is 0 Å². The van der Waals surface area contributed by atoms with E-state index in [4.69, 9.17) is 4.74 Å². The Morgan fingerprint density at radius 2 is 1.95 bits per heavy atom. The standard InChI is InChI=1S/C16H28N2O/c1-4-5-12-18(16-9-7-6-8-10-16)13-11-17-15(2)14-19-3/h6-10,15,17H,4-5,11-14H2,1-3H3. The maximum absolute atomic E-state index is 5.13. The quantitative estimate of drug-likeness (QED) is 0.703. The number of ether oxygens (including phenoxy) is 1. The van der Waals surface area contributed by atoms with Crippen LogP contribution in [-0.2, 0) is 4.74 Å². The highest BCUT2D eigenvalue weighted by atomic mass is 16.5. The highest BCUT2D eigenvalue weighted by Gasteiger charge is 2.06. The largest absolute Gasteiger partial charge is 0.383 e. The number of hydrogen-bond acceptors (Lipinski definition) is 3. The Kier molecular flexibility index (Phi) is 8.26. The second kappa shape index (κ2) is 9.82. The molecule has 1 N–H and O–H groups in total. The average molecular weight is 264 g/mol. The smallest absolute Gasteiger partial charge is 0.0613 e. The molecule has 0 saturated heterocycles. The first-order chi connectivity index (χ1) is 9.27. The van der Waals surface area contributed by atoms with E-state index in [1.54, 1.807) is 7.11 Å². The monoisotopic (exact) mass is 264 g/mol. The van der Waals surface area contributed by atoms with E-state index in [1.807, 2.05) is 0 Å². The molecule has 0 aliphatic rings. The van der Waals surface area contributed by atoms with Gasteiger partial charge in [-0.3, -0.25) is 0 Å². The molecule has 1 aromatic rings. The lowest BCUT2D eigenvalue weighted by molar-refractivity contribution is 0.172. The van der Waals surface area contributed by atoms with Crippen molar-refractivity contribution in [1.29, 1.82) is 0 Å². The summed E-state index contributed by atoms with van der Waals surface area (Å²) in [6.07, 6.45) is 2.47. The van der Waals surface area contributed by atoms with Crippen molar-refractivity contribution in [2.75, 3.05) is 38.3 Å². The van der Waals surface area contributed by atoms with Gasteiger partial charge in [-0.25, -0.2) is 0 Å². The van der Waals surface area contributed by atoms with E-state index in [9.17, 15) is 0 Å². The van der Waals surface area contributed by atoms with Crippen LogP contribution in [-0.4, -0.2) is 39.4 Å². The number of methoxy groups -OCH3 is 1. The van der Waals surface area contributed by atoms with Gasteiger partial charge in [-0.05, 0) is 25.5 Å². The third-order valence-corrected chi connectivity index (χ3v) is 3.19. The van der Waals surface area contributed by atoms with E-state index >= 15 is 0 Å². The maximum atomic E-state index is 5.13. The lowest BCUT2D eigenvalue weighted by atomic mass is 10.2. The van der Waals surface area contributed by atoms with Gasteiger partial charge in [0.05, 0.1) is 6.61 Å². The summed E-state index contributed by atoms with van der Waals surface area (Å²) < 4.78 is 5.13. The summed E-state index contributed by atoms with van der Waals surface area (Å²) in [6.45, 7) is 8.31. The molecule has 0 aromatic heterocycles. The van der Waals surface area contributed by atoms with E-state index in [-0.39, 0.29) is 0 Å². The summed E-state index contributed by atoms with van der Waals surface area (Å²) in [5.74, 6) is 0. The van der Waals surface area contributed by atoms with E-state index in [1.165, 1.54) is 18.5 Å². The minimum atomic E-state index is 0.411. The summed E-state index contributed by atoms with van der Waals surface area (Å²) in [7, 11) is 1.75. The molecule has 0 amide bonds. The Balaban J connectivity index is 2.42. The van der Waals surface area contributed by atoms with Gasteiger partial charge >= 0.3 is 0 Å². The topological polar surface area (TPSA) is 24.5 Å². The van der Waals surface area contributed by atoms with E-state index in [0.29, 0.717) is 6.04 Å². The van der Waals surface area contributed by atoms with Crippen LogP contribution in [0.1, 0.15) is 26.7 Å². The van der Waals surface area contributed by atoms with Crippen LogP contribution in [0.2, 0.25) is 0 Å². The molecule has 0 spiro atoms. The predicted molar refractivity (Wildman–Crippen MR) is 82.9 cm³/mol. The third kappa shape index (κ3) is 6.60. The second-order valence-electron chi connectivity index (χ2n) is 4.99. The van der Waals surface area contributed by atoms with Gasteiger partial charge in [0.2, 0.25) is 0 Å². The molecule has 0 heterocycles. The molecule has 1 unspecified atom stereocenters. The van der Waals surface area contributed by atoms with Crippen molar-refractivity contribution in [3.8, 4) is 0 Å². The van der Waals surface area contributed by atoms with Crippen LogP contribution >= 0.6 is 0 Å². The molecule has 3 heteroatoms. The average Bonchev–Trinajstić information content (AvgIpc) is 2.44. The Bertz CT molecular complexity index is 316. The van der Waals surface area contributed by atoms with Crippen LogP contribution in [0.25, 0.3) is 0 Å². The Morgan fingerprint density at radius 3 is 2.58 bits per heavy atom. The molecule has 108 valence electrons. The maximum Gasteiger partial charge on any atom is 0.0613 e. The number of rotatable bonds is 10. The zero-order chi connectivity index (χ0) is 13.9. The van der Waals surface area contributed by atoms with E-state index in [0.717, 1.165) is 26.2 Å². The van der Waals surface area contributed by atoms with Crippen LogP contribution in [0.5, 0.6) is 0 Å². The fourth-order valence-corrected chi connectivity index (χ4v) is 2.11. The molecular formula is C16H28N2O. The van der Waals surface area contributed by atoms with Gasteiger partial charge in [-0.2, -0.15) is 0 Å². The van der Waals surface area contributed by atoms with Gasteiger partial charge in [0, 0.05) is 38.5 Å². The SMILES string of the molecule is CCCCN(CCNC(C)COC)c1ccccc1. The van der Waals surface area contributed by atoms with Crippen LogP contribution < -0.4 is 10.2 Å². The lowest BCUT2D eigenvalue weighted by Gasteiger charge is -2.25. The molecule has 1 atom stereocenters. The molecule has 0 bridgehead atoms. The highest BCUT2D eigenvalue weighted by molar-refractivity contribution is 5.45. The molecule has 0 fully saturated rings. The van der Waals surface area contributed by atoms with Crippen molar-refractivity contribution in [2.45, 2.75) is 32.7 Å². The summed E-state index contributed by atoms with van der Waals surface area (Å²) in [4.78, 5) is 2.45. The molecule has 0 saturated carbocycles. The molecule has 0 aliphatic carbocycles. The molecule has 1 aromatic carbocycles. The minimum absolute atomic E-state index is 0.411. The van der Waals surface area contributed by atoms with Gasteiger partial charge in [-0.15, -0.1) is 0 Å². The predicted octanol–water partition coefficient (Wildman–Crippen LogP) is 2.92. The minimum Gasteiger partial charge on any atom is -0.383 e. The second-order valence-corrected chi connectivity index (χ2v) is 4.99. The first kappa shape index (κ1) is 16.0. The van der Waals surface area contributed by atoms with Crippen molar-refractivity contribution in [3.05, 3.63) is 30.3 Å². The van der Waals surface area contributed by atoms with Crippen LogP contribution in [0.3, 0.4) is 0 Å². The highest BCUT2D eigenvalue weighted by Crippen LogP contribution is 2.13. The van der Waals surface area contributed by atoms with Gasteiger partial charge in [0.1, 0.15) is 0 Å². The zero-order valence-electron chi connectivity index (χ0n) is 12.6. The van der Waals surface area contributed by atoms with Crippen molar-refractivity contribution in [3.63, 3.8) is 0 Å². The summed E-state index contributed by atoms with van der Waals surface area (Å²) >= 11 is 0. The molecule has 0 radical (unpaired) electrons. The number of unbranched alkanes of at least 4 members (excludes halogenated alkanes) is 1. The van der Waals surface area contributed by atoms with E-state index in [2.05, 4.69) is 54.4 Å². The number of hydrogen-bond donors (Lipinski definition) is 1. The van der Waals surface area contributed by atoms with Crippen molar-refractivity contribution >= 4 is 5.69 Å². The Labute approximate surface area is 118 Å². The molecular weight excluding hydrogens is 236 g/mol. The Morgan fingerprint density at radius 1 is 1.21 bits per heavy atom. The third-order valence-electron chi connectivity index (χ3n) is 3.19. The first-order valence-electron chi connectivity index (χ1n) is 7.30. The van der Waals surface area contributed by atoms with Crippen molar-refractivity contribution in [2.24, 2.45) is 0 Å².